The van der Waals surface area contributed by atoms with E-state index in [4.69, 9.17) is 11.6 Å². The van der Waals surface area contributed by atoms with Crippen LogP contribution in [0.5, 0.6) is 0 Å². The first kappa shape index (κ1) is 15.3. The van der Waals surface area contributed by atoms with Crippen molar-refractivity contribution in [2.24, 2.45) is 0 Å². The minimum absolute atomic E-state index is 0.0683. The van der Waals surface area contributed by atoms with E-state index in [0.717, 1.165) is 31.7 Å². The molecule has 1 aliphatic rings. The van der Waals surface area contributed by atoms with E-state index in [0.29, 0.717) is 11.6 Å². The zero-order valence-corrected chi connectivity index (χ0v) is 12.9. The molecule has 0 aliphatic carbocycles. The van der Waals surface area contributed by atoms with Crippen LogP contribution in [0.1, 0.15) is 12.5 Å². The maximum atomic E-state index is 12.5. The van der Waals surface area contributed by atoms with E-state index >= 15 is 0 Å². The van der Waals surface area contributed by atoms with E-state index in [9.17, 15) is 4.79 Å². The van der Waals surface area contributed by atoms with Crippen molar-refractivity contribution in [2.75, 3.05) is 33.2 Å². The van der Waals surface area contributed by atoms with Crippen LogP contribution in [0, 0.1) is 0 Å². The number of piperazine rings is 1. The number of nitrogens with zero attached hydrogens (tertiary/aromatic N) is 2. The first-order valence-electron chi connectivity index (χ1n) is 7.02. The maximum Gasteiger partial charge on any atom is 0.239 e. The van der Waals surface area contributed by atoms with Crippen LogP contribution < -0.4 is 5.32 Å². The van der Waals surface area contributed by atoms with E-state index < -0.39 is 0 Å². The Labute approximate surface area is 125 Å². The van der Waals surface area contributed by atoms with Crippen molar-refractivity contribution < 1.29 is 4.79 Å². The first-order chi connectivity index (χ1) is 9.58. The van der Waals surface area contributed by atoms with Crippen LogP contribution in [0.25, 0.3) is 0 Å². The minimum Gasteiger partial charge on any atom is -0.340 e. The summed E-state index contributed by atoms with van der Waals surface area (Å²) in [5.74, 6) is 0.159. The molecular weight excluding hydrogens is 274 g/mol. The van der Waals surface area contributed by atoms with Crippen molar-refractivity contribution in [1.29, 1.82) is 0 Å². The fourth-order valence-corrected chi connectivity index (χ4v) is 2.74. The lowest BCUT2D eigenvalue weighted by atomic mass is 10.2. The number of carbonyl (C=O) groups is 1. The molecule has 1 aromatic carbocycles. The average Bonchev–Trinajstić information content (AvgIpc) is 2.46. The second-order valence-corrected chi connectivity index (χ2v) is 5.72. The van der Waals surface area contributed by atoms with Gasteiger partial charge in [-0.3, -0.25) is 9.69 Å². The molecular formula is C15H22ClN3O. The molecule has 110 valence electrons. The Balaban J connectivity index is 1.93. The predicted molar refractivity (Wildman–Crippen MR) is 81.8 cm³/mol. The molecule has 0 saturated carbocycles. The third kappa shape index (κ3) is 3.95. The van der Waals surface area contributed by atoms with Crippen molar-refractivity contribution in [3.63, 3.8) is 0 Å². The second kappa shape index (κ2) is 7.07. The van der Waals surface area contributed by atoms with E-state index in [1.165, 1.54) is 0 Å². The number of rotatable bonds is 4. The molecule has 4 nitrogen and oxygen atoms in total. The lowest BCUT2D eigenvalue weighted by Crippen LogP contribution is -2.52. The molecule has 1 unspecified atom stereocenters. The summed E-state index contributed by atoms with van der Waals surface area (Å²) in [7, 11) is 1.85. The number of benzene rings is 1. The fraction of sp³-hybridized carbons (Fsp3) is 0.533. The fourth-order valence-electron chi connectivity index (χ4n) is 2.53. The van der Waals surface area contributed by atoms with Crippen LogP contribution in [0.3, 0.4) is 0 Å². The zero-order valence-electron chi connectivity index (χ0n) is 12.1. The summed E-state index contributed by atoms with van der Waals surface area (Å²) < 4.78 is 0. The number of hydrogen-bond donors (Lipinski definition) is 1. The largest absolute Gasteiger partial charge is 0.340 e. The lowest BCUT2D eigenvalue weighted by molar-refractivity contribution is -0.135. The Morgan fingerprint density at radius 2 is 2.15 bits per heavy atom. The second-order valence-electron chi connectivity index (χ2n) is 5.29. The highest BCUT2D eigenvalue weighted by molar-refractivity contribution is 6.30. The third-order valence-corrected chi connectivity index (χ3v) is 3.98. The van der Waals surface area contributed by atoms with Gasteiger partial charge in [0.1, 0.15) is 0 Å². The number of hydrogen-bond acceptors (Lipinski definition) is 3. The van der Waals surface area contributed by atoms with Gasteiger partial charge in [-0.25, -0.2) is 0 Å². The predicted octanol–water partition coefficient (Wildman–Crippen LogP) is 1.59. The molecule has 0 bridgehead atoms. The number of nitrogens with one attached hydrogen (secondary N) is 1. The molecule has 0 aromatic heterocycles. The Hall–Kier alpha value is -1.10. The van der Waals surface area contributed by atoms with Gasteiger partial charge in [0.25, 0.3) is 0 Å². The molecule has 1 heterocycles. The summed E-state index contributed by atoms with van der Waals surface area (Å²) in [6, 6.07) is 7.58. The van der Waals surface area contributed by atoms with Crippen LogP contribution in [0.15, 0.2) is 24.3 Å². The number of likely N-dealkylation sites (N-methyl/N-ethyl adjacent to an activating group) is 1. The smallest absolute Gasteiger partial charge is 0.239 e. The number of carbonyl (C=O) groups excluding carboxylic acids is 1. The maximum absolute atomic E-state index is 12.5. The number of halogens is 1. The highest BCUT2D eigenvalue weighted by Gasteiger charge is 2.25. The summed E-state index contributed by atoms with van der Waals surface area (Å²) >= 11 is 5.97. The van der Waals surface area contributed by atoms with Gasteiger partial charge >= 0.3 is 0 Å². The van der Waals surface area contributed by atoms with Crippen molar-refractivity contribution in [3.05, 3.63) is 34.9 Å². The molecule has 1 fully saturated rings. The van der Waals surface area contributed by atoms with Gasteiger partial charge in [0.05, 0.1) is 6.04 Å². The van der Waals surface area contributed by atoms with Gasteiger partial charge in [0.15, 0.2) is 0 Å². The molecule has 1 aliphatic heterocycles. The summed E-state index contributed by atoms with van der Waals surface area (Å²) in [4.78, 5) is 16.5. The Kier molecular flexibility index (Phi) is 5.40. The molecule has 0 spiro atoms. The van der Waals surface area contributed by atoms with Gasteiger partial charge in [0.2, 0.25) is 5.91 Å². The first-order valence-corrected chi connectivity index (χ1v) is 7.40. The van der Waals surface area contributed by atoms with Crippen LogP contribution in [-0.2, 0) is 11.3 Å². The lowest BCUT2D eigenvalue weighted by Gasteiger charge is -2.34. The molecule has 1 amide bonds. The SMILES string of the molecule is CC(C(=O)N(C)Cc1cccc(Cl)c1)N1CCNCC1. The van der Waals surface area contributed by atoms with Gasteiger partial charge in [-0.15, -0.1) is 0 Å². The normalized spacial score (nSPS) is 17.8. The van der Waals surface area contributed by atoms with E-state index in [1.54, 1.807) is 4.90 Å². The third-order valence-electron chi connectivity index (χ3n) is 3.74. The molecule has 1 aromatic rings. The van der Waals surface area contributed by atoms with Crippen molar-refractivity contribution >= 4 is 17.5 Å². The van der Waals surface area contributed by atoms with Crippen LogP contribution in [0.4, 0.5) is 0 Å². The van der Waals surface area contributed by atoms with Crippen LogP contribution in [0.2, 0.25) is 5.02 Å². The van der Waals surface area contributed by atoms with E-state index in [2.05, 4.69) is 10.2 Å². The number of amides is 1. The Morgan fingerprint density at radius 3 is 2.80 bits per heavy atom. The van der Waals surface area contributed by atoms with E-state index in [-0.39, 0.29) is 11.9 Å². The molecule has 5 heteroatoms. The Morgan fingerprint density at radius 1 is 1.45 bits per heavy atom. The highest BCUT2D eigenvalue weighted by Crippen LogP contribution is 2.13. The van der Waals surface area contributed by atoms with Gasteiger partial charge in [-0.05, 0) is 24.6 Å². The average molecular weight is 296 g/mol. The standard InChI is InChI=1S/C15H22ClN3O/c1-12(19-8-6-17-7-9-19)15(20)18(2)11-13-4-3-5-14(16)10-13/h3-5,10,12,17H,6-9,11H2,1-2H3. The molecule has 1 N–H and O–H groups in total. The van der Waals surface area contributed by atoms with Crippen molar-refractivity contribution in [2.45, 2.75) is 19.5 Å². The molecule has 1 atom stereocenters. The topological polar surface area (TPSA) is 35.6 Å². The van der Waals surface area contributed by atoms with Crippen molar-refractivity contribution in [1.82, 2.24) is 15.1 Å². The minimum atomic E-state index is -0.0683. The molecule has 20 heavy (non-hydrogen) atoms. The summed E-state index contributed by atoms with van der Waals surface area (Å²) in [6.07, 6.45) is 0. The van der Waals surface area contributed by atoms with Crippen LogP contribution >= 0.6 is 11.6 Å². The van der Waals surface area contributed by atoms with Crippen LogP contribution in [-0.4, -0.2) is 55.0 Å². The summed E-state index contributed by atoms with van der Waals surface area (Å²) in [5.41, 5.74) is 1.06. The van der Waals surface area contributed by atoms with Gasteiger partial charge in [0, 0.05) is 44.8 Å². The highest BCUT2D eigenvalue weighted by atomic mass is 35.5. The van der Waals surface area contributed by atoms with Crippen molar-refractivity contribution in [3.8, 4) is 0 Å². The van der Waals surface area contributed by atoms with Gasteiger partial charge in [-0.2, -0.15) is 0 Å². The monoisotopic (exact) mass is 295 g/mol. The zero-order chi connectivity index (χ0) is 14.5. The quantitative estimate of drug-likeness (QED) is 0.916. The summed E-state index contributed by atoms with van der Waals surface area (Å²) in [6.45, 7) is 6.35. The van der Waals surface area contributed by atoms with E-state index in [1.807, 2.05) is 38.2 Å². The van der Waals surface area contributed by atoms with Gasteiger partial charge in [-0.1, -0.05) is 23.7 Å². The molecule has 2 rings (SSSR count). The molecule has 1 saturated heterocycles. The summed E-state index contributed by atoms with van der Waals surface area (Å²) in [5, 5.41) is 4.01. The molecule has 0 radical (unpaired) electrons. The Bertz CT molecular complexity index is 460. The van der Waals surface area contributed by atoms with Gasteiger partial charge < -0.3 is 10.2 Å².